The third kappa shape index (κ3) is 3.19. The van der Waals surface area contributed by atoms with E-state index in [1.807, 2.05) is 19.1 Å². The summed E-state index contributed by atoms with van der Waals surface area (Å²) in [6, 6.07) is 4.69. The largest absolute Gasteiger partial charge is 0.298 e. The van der Waals surface area contributed by atoms with Crippen LogP contribution < -0.4 is 0 Å². The van der Waals surface area contributed by atoms with Crippen LogP contribution in [0.1, 0.15) is 42.8 Å². The zero-order chi connectivity index (χ0) is 15.0. The highest BCUT2D eigenvalue weighted by molar-refractivity contribution is 7.18. The van der Waals surface area contributed by atoms with Crippen molar-refractivity contribution in [3.05, 3.63) is 21.3 Å². The number of ketones is 1. The molecule has 0 radical (unpaired) electrons. The summed E-state index contributed by atoms with van der Waals surface area (Å²) in [4.78, 5) is 18.4. The predicted molar refractivity (Wildman–Crippen MR) is 88.5 cm³/mol. The lowest BCUT2D eigenvalue weighted by molar-refractivity contribution is -0.000759. The minimum Gasteiger partial charge on any atom is -0.298 e. The summed E-state index contributed by atoms with van der Waals surface area (Å²) < 4.78 is 0.690. The van der Waals surface area contributed by atoms with Crippen molar-refractivity contribution in [3.8, 4) is 0 Å². The summed E-state index contributed by atoms with van der Waals surface area (Å²) in [6.07, 6.45) is 3.92. The van der Waals surface area contributed by atoms with Crippen LogP contribution in [0.25, 0.3) is 0 Å². The summed E-state index contributed by atoms with van der Waals surface area (Å²) in [6.45, 7) is 7.63. The molecule has 1 aromatic rings. The van der Waals surface area contributed by atoms with Gasteiger partial charge in [0.25, 0.3) is 0 Å². The van der Waals surface area contributed by atoms with Crippen LogP contribution in [0.4, 0.5) is 0 Å². The fraction of sp³-hybridized carbons (Fsp3) is 0.688. The molecule has 5 heteroatoms. The van der Waals surface area contributed by atoms with Crippen molar-refractivity contribution in [3.63, 3.8) is 0 Å². The van der Waals surface area contributed by atoms with Gasteiger partial charge in [-0.1, -0.05) is 18.0 Å². The predicted octanol–water partition coefficient (Wildman–Crippen LogP) is 3.53. The minimum atomic E-state index is -0.0567. The van der Waals surface area contributed by atoms with Crippen LogP contribution >= 0.6 is 22.9 Å². The van der Waals surface area contributed by atoms with Crippen molar-refractivity contribution in [2.45, 2.75) is 51.2 Å². The van der Waals surface area contributed by atoms with Gasteiger partial charge in [0, 0.05) is 25.2 Å². The van der Waals surface area contributed by atoms with Crippen LogP contribution in [0, 0.1) is 0 Å². The van der Waals surface area contributed by atoms with Crippen molar-refractivity contribution in [2.75, 3.05) is 19.6 Å². The van der Waals surface area contributed by atoms with Crippen LogP contribution in [0.15, 0.2) is 12.1 Å². The van der Waals surface area contributed by atoms with Gasteiger partial charge in [-0.25, -0.2) is 0 Å². The van der Waals surface area contributed by atoms with Gasteiger partial charge in [0.15, 0.2) is 5.78 Å². The van der Waals surface area contributed by atoms with Gasteiger partial charge < -0.3 is 0 Å². The molecule has 0 aliphatic carbocycles. The average Bonchev–Trinajstić information content (AvgIpc) is 2.91. The molecule has 21 heavy (non-hydrogen) atoms. The maximum Gasteiger partial charge on any atom is 0.189 e. The van der Waals surface area contributed by atoms with Gasteiger partial charge in [0.2, 0.25) is 0 Å². The molecule has 2 aliphatic rings. The number of carbonyl (C=O) groups is 1. The van der Waals surface area contributed by atoms with Crippen molar-refractivity contribution < 1.29 is 4.79 Å². The molecule has 0 aromatic carbocycles. The van der Waals surface area contributed by atoms with E-state index in [1.165, 1.54) is 37.1 Å². The molecule has 3 atom stereocenters. The molecule has 3 heterocycles. The Bertz CT molecular complexity index is 518. The molecule has 0 bridgehead atoms. The first kappa shape index (κ1) is 15.5. The third-order valence-corrected chi connectivity index (χ3v) is 6.17. The molecule has 2 aliphatic heterocycles. The Hall–Kier alpha value is -0.420. The molecule has 0 saturated carbocycles. The second-order valence-electron chi connectivity index (χ2n) is 6.33. The first-order valence-electron chi connectivity index (χ1n) is 7.85. The monoisotopic (exact) mass is 326 g/mol. The molecule has 2 fully saturated rings. The summed E-state index contributed by atoms with van der Waals surface area (Å²) in [7, 11) is 0. The Morgan fingerprint density at radius 2 is 2.19 bits per heavy atom. The van der Waals surface area contributed by atoms with Crippen LogP contribution in [-0.4, -0.2) is 53.3 Å². The average molecular weight is 327 g/mol. The maximum atomic E-state index is 12.7. The van der Waals surface area contributed by atoms with E-state index >= 15 is 0 Å². The molecule has 3 unspecified atom stereocenters. The van der Waals surface area contributed by atoms with Crippen LogP contribution in [0.2, 0.25) is 4.34 Å². The second-order valence-corrected chi connectivity index (χ2v) is 8.05. The second kappa shape index (κ2) is 6.37. The highest BCUT2D eigenvalue weighted by atomic mass is 35.5. The molecule has 1 aromatic heterocycles. The summed E-state index contributed by atoms with van der Waals surface area (Å²) in [5.74, 6) is 0.211. The number of piperazine rings is 1. The zero-order valence-electron chi connectivity index (χ0n) is 12.7. The molecular formula is C16H23ClN2OS. The van der Waals surface area contributed by atoms with Gasteiger partial charge in [-0.15, -0.1) is 11.3 Å². The molecule has 0 spiro atoms. The Balaban J connectivity index is 1.71. The standard InChI is InChI=1S/C16H23ClN2OS/c1-11-9-18-8-4-3-5-13(18)10-19(11)12(2)16(20)14-6-7-15(17)21-14/h6-7,11-13H,3-5,8-10H2,1-2H3. The zero-order valence-corrected chi connectivity index (χ0v) is 14.3. The number of nitrogens with zero attached hydrogens (tertiary/aromatic N) is 2. The Labute approximate surface area is 135 Å². The highest BCUT2D eigenvalue weighted by Crippen LogP contribution is 2.28. The van der Waals surface area contributed by atoms with Crippen LogP contribution in [-0.2, 0) is 0 Å². The van der Waals surface area contributed by atoms with Crippen molar-refractivity contribution in [1.29, 1.82) is 0 Å². The van der Waals surface area contributed by atoms with E-state index in [2.05, 4.69) is 16.7 Å². The number of hydrogen-bond acceptors (Lipinski definition) is 4. The van der Waals surface area contributed by atoms with Gasteiger partial charge in [-0.2, -0.15) is 0 Å². The van der Waals surface area contributed by atoms with E-state index in [0.717, 1.165) is 18.0 Å². The van der Waals surface area contributed by atoms with E-state index in [4.69, 9.17) is 11.6 Å². The van der Waals surface area contributed by atoms with Crippen LogP contribution in [0.3, 0.4) is 0 Å². The number of hydrogen-bond donors (Lipinski definition) is 0. The molecule has 116 valence electrons. The number of piperidine rings is 1. The Morgan fingerprint density at radius 3 is 2.90 bits per heavy atom. The fourth-order valence-electron chi connectivity index (χ4n) is 3.72. The molecule has 0 amide bonds. The smallest absolute Gasteiger partial charge is 0.189 e. The van der Waals surface area contributed by atoms with Gasteiger partial charge >= 0.3 is 0 Å². The molecule has 3 rings (SSSR count). The summed E-state index contributed by atoms with van der Waals surface area (Å²) in [5, 5.41) is 0. The van der Waals surface area contributed by atoms with Crippen molar-refractivity contribution >= 4 is 28.7 Å². The summed E-state index contributed by atoms with van der Waals surface area (Å²) in [5.41, 5.74) is 0. The number of fused-ring (bicyclic) bond motifs is 1. The lowest BCUT2D eigenvalue weighted by Gasteiger charge is -2.49. The Morgan fingerprint density at radius 1 is 1.38 bits per heavy atom. The first-order valence-corrected chi connectivity index (χ1v) is 9.05. The number of rotatable bonds is 3. The fourth-order valence-corrected chi connectivity index (χ4v) is 4.78. The normalized spacial score (nSPS) is 29.1. The number of thiophene rings is 1. The topological polar surface area (TPSA) is 23.6 Å². The van der Waals surface area contributed by atoms with Gasteiger partial charge in [-0.05, 0) is 45.4 Å². The lowest BCUT2D eigenvalue weighted by Crippen LogP contribution is -2.61. The molecule has 0 N–H and O–H groups in total. The molecule has 2 saturated heterocycles. The third-order valence-electron chi connectivity index (χ3n) is 4.93. The number of Topliss-reactive ketones (excluding diaryl/α,β-unsaturated/α-hetero) is 1. The van der Waals surface area contributed by atoms with Crippen LogP contribution in [0.5, 0.6) is 0 Å². The van der Waals surface area contributed by atoms with E-state index in [-0.39, 0.29) is 11.8 Å². The maximum absolute atomic E-state index is 12.7. The van der Waals surface area contributed by atoms with Gasteiger partial charge in [0.1, 0.15) is 0 Å². The van der Waals surface area contributed by atoms with Crippen molar-refractivity contribution in [1.82, 2.24) is 9.80 Å². The van der Waals surface area contributed by atoms with Crippen molar-refractivity contribution in [2.24, 2.45) is 0 Å². The Kier molecular flexibility index (Phi) is 4.69. The number of carbonyl (C=O) groups excluding carboxylic acids is 1. The lowest BCUT2D eigenvalue weighted by atomic mass is 9.95. The number of halogens is 1. The molecular weight excluding hydrogens is 304 g/mol. The quantitative estimate of drug-likeness (QED) is 0.794. The summed E-state index contributed by atoms with van der Waals surface area (Å²) >= 11 is 7.35. The van der Waals surface area contributed by atoms with E-state index in [9.17, 15) is 4.79 Å². The minimum absolute atomic E-state index is 0.0567. The first-order chi connectivity index (χ1) is 10.1. The van der Waals surface area contributed by atoms with E-state index in [0.29, 0.717) is 16.4 Å². The highest BCUT2D eigenvalue weighted by Gasteiger charge is 2.37. The van der Waals surface area contributed by atoms with Gasteiger partial charge in [-0.3, -0.25) is 14.6 Å². The van der Waals surface area contributed by atoms with E-state index < -0.39 is 0 Å². The van der Waals surface area contributed by atoms with E-state index in [1.54, 1.807) is 0 Å². The van der Waals surface area contributed by atoms with Gasteiger partial charge in [0.05, 0.1) is 15.3 Å². The molecule has 3 nitrogen and oxygen atoms in total. The SMILES string of the molecule is CC1CN2CCCCC2CN1C(C)C(=O)c1ccc(Cl)s1.